The van der Waals surface area contributed by atoms with Crippen molar-refractivity contribution in [2.45, 2.75) is 58.0 Å². The Labute approximate surface area is 183 Å². The van der Waals surface area contributed by atoms with Gasteiger partial charge in [0.2, 0.25) is 15.9 Å². The molecule has 31 heavy (non-hydrogen) atoms. The van der Waals surface area contributed by atoms with Crippen molar-refractivity contribution in [1.29, 1.82) is 0 Å². The van der Waals surface area contributed by atoms with E-state index in [1.807, 2.05) is 7.05 Å². The fraction of sp³-hybridized carbons (Fsp3) is 0.391. The Kier molecular flexibility index (Phi) is 6.81. The van der Waals surface area contributed by atoms with E-state index in [4.69, 9.17) is 5.14 Å². The van der Waals surface area contributed by atoms with Gasteiger partial charge in [-0.3, -0.25) is 4.79 Å². The van der Waals surface area contributed by atoms with Gasteiger partial charge in [0.05, 0.1) is 15.9 Å². The lowest BCUT2D eigenvalue weighted by atomic mass is 10.1. The normalized spacial score (nSPS) is 11.8. The lowest BCUT2D eigenvalue weighted by Gasteiger charge is -2.19. The highest BCUT2D eigenvalue weighted by molar-refractivity contribution is 7.89. The first-order valence-electron chi connectivity index (χ1n) is 10.4. The second kappa shape index (κ2) is 9.20. The first kappa shape index (κ1) is 23.0. The molecule has 3 aromatic rings. The Bertz CT molecular complexity index is 1220. The van der Waals surface area contributed by atoms with Crippen molar-refractivity contribution in [1.82, 2.24) is 14.5 Å². The fourth-order valence-electron chi connectivity index (χ4n) is 3.78. The molecule has 1 aromatic heterocycles. The highest BCUT2D eigenvalue weighted by Crippen LogP contribution is 2.22. The molecule has 166 valence electrons. The molecule has 0 bridgehead atoms. The van der Waals surface area contributed by atoms with Crippen LogP contribution < -0.4 is 5.14 Å². The number of nitrogens with zero attached hydrogens (tertiary/aromatic N) is 3. The minimum absolute atomic E-state index is 0.0389. The molecule has 0 unspecified atom stereocenters. The van der Waals surface area contributed by atoms with E-state index in [0.29, 0.717) is 24.9 Å². The summed E-state index contributed by atoms with van der Waals surface area (Å²) in [6.45, 7) is 7.49. The van der Waals surface area contributed by atoms with Gasteiger partial charge in [0, 0.05) is 33.0 Å². The third-order valence-corrected chi connectivity index (χ3v) is 6.38. The number of primary sulfonamides is 1. The monoisotopic (exact) mass is 442 g/mol. The first-order chi connectivity index (χ1) is 14.6. The zero-order valence-electron chi connectivity index (χ0n) is 18.6. The molecule has 7 nitrogen and oxygen atoms in total. The van der Waals surface area contributed by atoms with E-state index >= 15 is 0 Å². The summed E-state index contributed by atoms with van der Waals surface area (Å²) in [5.41, 5.74) is 4.94. The second-order valence-electron chi connectivity index (χ2n) is 8.05. The number of sulfonamides is 1. The minimum atomic E-state index is -3.79. The van der Waals surface area contributed by atoms with Crippen LogP contribution in [0.15, 0.2) is 41.3 Å². The molecule has 1 heterocycles. The molecule has 0 aliphatic rings. The molecule has 1 amide bonds. The van der Waals surface area contributed by atoms with Crippen LogP contribution in [-0.4, -0.2) is 35.8 Å². The van der Waals surface area contributed by atoms with E-state index in [-0.39, 0.29) is 10.8 Å². The summed E-state index contributed by atoms with van der Waals surface area (Å²) in [6, 6.07) is 11.0. The molecule has 0 radical (unpaired) electrons. The number of carbonyl (C=O) groups excluding carboxylic acids is 1. The van der Waals surface area contributed by atoms with E-state index in [2.05, 4.69) is 48.5 Å². The maximum Gasteiger partial charge on any atom is 0.238 e. The molecule has 2 N–H and O–H groups in total. The number of benzene rings is 2. The van der Waals surface area contributed by atoms with Gasteiger partial charge in [0.25, 0.3) is 0 Å². The van der Waals surface area contributed by atoms with Crippen molar-refractivity contribution in [2.24, 2.45) is 5.14 Å². The smallest absolute Gasteiger partial charge is 0.238 e. The van der Waals surface area contributed by atoms with E-state index in [1.165, 1.54) is 23.3 Å². The van der Waals surface area contributed by atoms with Gasteiger partial charge in [0.15, 0.2) is 0 Å². The number of rotatable bonds is 8. The number of carbonyl (C=O) groups is 1. The van der Waals surface area contributed by atoms with Crippen LogP contribution in [0.2, 0.25) is 0 Å². The lowest BCUT2D eigenvalue weighted by Crippen LogP contribution is -2.27. The summed E-state index contributed by atoms with van der Waals surface area (Å²) < 4.78 is 25.4. The Hall–Kier alpha value is -2.71. The Balaban J connectivity index is 1.77. The summed E-state index contributed by atoms with van der Waals surface area (Å²) in [6.07, 6.45) is 1.71. The van der Waals surface area contributed by atoms with Crippen LogP contribution in [0.1, 0.15) is 42.3 Å². The van der Waals surface area contributed by atoms with Gasteiger partial charge in [-0.05, 0) is 49.6 Å². The molecule has 0 atom stereocenters. The molecule has 0 saturated heterocycles. The van der Waals surface area contributed by atoms with Crippen molar-refractivity contribution >= 4 is 27.0 Å². The van der Waals surface area contributed by atoms with Gasteiger partial charge in [-0.2, -0.15) is 0 Å². The first-order valence-corrected chi connectivity index (χ1v) is 12.0. The second-order valence-corrected chi connectivity index (χ2v) is 9.62. The standard InChI is InChI=1S/C23H30N4O3S/c1-5-12-27-21-9-8-19(31(24,29)30)14-20(21)25-22(27)10-11-23(28)26(4)15-18-7-6-16(2)13-17(18)3/h6-9,13-14H,5,10-12,15H2,1-4H3,(H2,24,29,30). The molecule has 3 rings (SSSR count). The Morgan fingerprint density at radius 1 is 1.16 bits per heavy atom. The number of amides is 1. The molecule has 0 aliphatic heterocycles. The molecular weight excluding hydrogens is 412 g/mol. The number of aryl methyl sites for hydroxylation is 4. The SMILES string of the molecule is CCCn1c(CCC(=O)N(C)Cc2ccc(C)cc2C)nc2cc(S(N)(=O)=O)ccc21. The molecule has 2 aromatic carbocycles. The quantitative estimate of drug-likeness (QED) is 0.579. The number of aromatic nitrogens is 2. The van der Waals surface area contributed by atoms with Crippen LogP contribution >= 0.6 is 0 Å². The summed E-state index contributed by atoms with van der Waals surface area (Å²) in [5.74, 6) is 0.817. The number of fused-ring (bicyclic) bond motifs is 1. The maximum absolute atomic E-state index is 12.8. The molecular formula is C23H30N4O3S. The topological polar surface area (TPSA) is 98.3 Å². The predicted molar refractivity (Wildman–Crippen MR) is 122 cm³/mol. The summed E-state index contributed by atoms with van der Waals surface area (Å²) in [7, 11) is -1.98. The van der Waals surface area contributed by atoms with E-state index in [0.717, 1.165) is 29.9 Å². The molecule has 0 spiro atoms. The fourth-order valence-corrected chi connectivity index (χ4v) is 4.31. The van der Waals surface area contributed by atoms with Crippen LogP contribution in [-0.2, 0) is 34.3 Å². The van der Waals surface area contributed by atoms with Gasteiger partial charge in [-0.15, -0.1) is 0 Å². The number of hydrogen-bond acceptors (Lipinski definition) is 4. The number of nitrogens with two attached hydrogens (primary N) is 1. The van der Waals surface area contributed by atoms with Gasteiger partial charge in [-0.25, -0.2) is 18.5 Å². The third-order valence-electron chi connectivity index (χ3n) is 5.47. The molecule has 0 aliphatic carbocycles. The van der Waals surface area contributed by atoms with Crippen molar-refractivity contribution in [2.75, 3.05) is 7.05 Å². The lowest BCUT2D eigenvalue weighted by molar-refractivity contribution is -0.130. The van der Waals surface area contributed by atoms with Gasteiger partial charge < -0.3 is 9.47 Å². The summed E-state index contributed by atoms with van der Waals surface area (Å²) >= 11 is 0. The van der Waals surface area contributed by atoms with E-state index in [1.54, 1.807) is 11.0 Å². The highest BCUT2D eigenvalue weighted by atomic mass is 32.2. The molecule has 0 fully saturated rings. The van der Waals surface area contributed by atoms with Gasteiger partial charge >= 0.3 is 0 Å². The summed E-state index contributed by atoms with van der Waals surface area (Å²) in [4.78, 5) is 19.2. The Morgan fingerprint density at radius 2 is 1.90 bits per heavy atom. The van der Waals surface area contributed by atoms with E-state index in [9.17, 15) is 13.2 Å². The van der Waals surface area contributed by atoms with Crippen LogP contribution in [0, 0.1) is 13.8 Å². The van der Waals surface area contributed by atoms with E-state index < -0.39 is 10.0 Å². The van der Waals surface area contributed by atoms with Crippen molar-refractivity contribution in [3.8, 4) is 0 Å². The number of hydrogen-bond donors (Lipinski definition) is 1. The van der Waals surface area contributed by atoms with Crippen LogP contribution in [0.25, 0.3) is 11.0 Å². The number of imidazole rings is 1. The van der Waals surface area contributed by atoms with Gasteiger partial charge in [0.1, 0.15) is 5.82 Å². The average molecular weight is 443 g/mol. The van der Waals surface area contributed by atoms with Crippen molar-refractivity contribution in [3.05, 3.63) is 58.9 Å². The maximum atomic E-state index is 12.8. The minimum Gasteiger partial charge on any atom is -0.341 e. The highest BCUT2D eigenvalue weighted by Gasteiger charge is 2.17. The largest absolute Gasteiger partial charge is 0.341 e. The average Bonchev–Trinajstić information content (AvgIpc) is 3.04. The Morgan fingerprint density at radius 3 is 2.55 bits per heavy atom. The summed E-state index contributed by atoms with van der Waals surface area (Å²) in [5, 5.41) is 5.25. The zero-order chi connectivity index (χ0) is 22.8. The van der Waals surface area contributed by atoms with Crippen LogP contribution in [0.5, 0.6) is 0 Å². The van der Waals surface area contributed by atoms with Crippen LogP contribution in [0.3, 0.4) is 0 Å². The third kappa shape index (κ3) is 5.32. The molecule has 0 saturated carbocycles. The zero-order valence-corrected chi connectivity index (χ0v) is 19.4. The van der Waals surface area contributed by atoms with Gasteiger partial charge in [-0.1, -0.05) is 30.7 Å². The van der Waals surface area contributed by atoms with Crippen molar-refractivity contribution in [3.63, 3.8) is 0 Å². The van der Waals surface area contributed by atoms with Crippen LogP contribution in [0.4, 0.5) is 0 Å². The predicted octanol–water partition coefficient (Wildman–Crippen LogP) is 3.30. The molecule has 8 heteroatoms. The van der Waals surface area contributed by atoms with Crippen molar-refractivity contribution < 1.29 is 13.2 Å².